The highest BCUT2D eigenvalue weighted by atomic mass is 35.5. The number of H-pyrrole nitrogens is 3. The topological polar surface area (TPSA) is 402 Å². The van der Waals surface area contributed by atoms with Crippen LogP contribution in [-0.4, -0.2) is 220 Å². The number of thiophene rings is 5. The lowest BCUT2D eigenvalue weighted by molar-refractivity contribution is 0.112. The number of aliphatic hydroxyl groups is 1. The molecule has 5 aromatic carbocycles. The van der Waals surface area contributed by atoms with Crippen molar-refractivity contribution in [1.29, 1.82) is 0 Å². The molecule has 137 heavy (non-hydrogen) atoms. The monoisotopic (exact) mass is 1990 g/mol. The highest BCUT2D eigenvalue weighted by molar-refractivity contribution is 7.90. The molecule has 0 saturated carbocycles. The van der Waals surface area contributed by atoms with E-state index in [1.807, 2.05) is 43.3 Å². The molecule has 24 rings (SSSR count). The van der Waals surface area contributed by atoms with Crippen molar-refractivity contribution in [2.75, 3.05) is 156 Å². The number of nitrogens with zero attached hydrogens (tertiary/aromatic N) is 16. The summed E-state index contributed by atoms with van der Waals surface area (Å²) in [6, 6.07) is 35.2. The van der Waals surface area contributed by atoms with Gasteiger partial charge in [-0.25, -0.2) is 74.8 Å². The molecule has 0 aliphatic carbocycles. The molecule has 11 N–H and O–H groups in total. The normalized spacial score (nSPS) is 15.0. The molecule has 706 valence electrons. The number of aldehydes is 1. The highest BCUT2D eigenvalue weighted by Crippen LogP contribution is 2.44. The van der Waals surface area contributed by atoms with Crippen molar-refractivity contribution < 1.29 is 59.6 Å². The van der Waals surface area contributed by atoms with E-state index in [0.29, 0.717) is 154 Å². The Labute approximate surface area is 805 Å². The van der Waals surface area contributed by atoms with E-state index in [1.54, 1.807) is 89.0 Å². The lowest BCUT2D eigenvalue weighted by atomic mass is 10.1. The van der Waals surface area contributed by atoms with Gasteiger partial charge in [0, 0.05) is 183 Å². The summed E-state index contributed by atoms with van der Waals surface area (Å²) in [5.74, 6) is 4.53. The third kappa shape index (κ3) is 19.5. The molecule has 0 spiro atoms. The molecular weight excluding hydrogens is 1900 g/mol. The standard InChI is InChI=1S/C27H25FN4O3S2.2C19H18FN5OS.C19H17FN4O2S.C11H10ClN3O2S.H3N/c1-3-19-16-23-25(36-19)27(31-10-12-35-13-11-31)30-26(29-23)22-14-18(28)15-24-21(22)8-9-32(24)37(33,34)20-6-4-17(2)5-7-20;2*20-11-7-14(13-1-2-22-15(13)8-11)18-23-16-9-12(10-21)27-17(16)19(24-18)25-3-5-26-6-4-25;20-11-7-14(13-1-2-21-15(13)8-11)18-22-16-9-12(10-25)27-17(16)19(23-18)24-3-5-26-6-4-24;12-11-13-8-5-7(6-16)18-9(8)10(14-11)15-1-3-17-4-2-15;/h4-9,14-16H,3,10-13H2,1-2H3;2*1-2,7-9,22H,3-6,10,21H2;1-2,7-9,21,25H,3-6,10H2;5-6H,1-4H2;1H3. The molecule has 5 fully saturated rings. The van der Waals surface area contributed by atoms with Crippen molar-refractivity contribution in [2.24, 2.45) is 11.5 Å². The first kappa shape index (κ1) is 93.7. The van der Waals surface area contributed by atoms with Crippen LogP contribution in [-0.2, 0) is 59.8 Å². The van der Waals surface area contributed by atoms with Crippen LogP contribution in [0.2, 0.25) is 5.28 Å². The van der Waals surface area contributed by atoms with E-state index in [2.05, 4.69) is 62.4 Å². The first-order valence-corrected chi connectivity index (χ1v) is 49.9. The summed E-state index contributed by atoms with van der Waals surface area (Å²) in [5.41, 5.74) is 21.5. The number of hydrogen-bond acceptors (Lipinski definition) is 32. The number of aryl methyl sites for hydroxylation is 2. The van der Waals surface area contributed by atoms with E-state index in [1.165, 1.54) is 82.3 Å². The number of ether oxygens (including phenoxy) is 5. The number of aromatic nitrogens is 14. The number of carbonyl (C=O) groups is 1. The van der Waals surface area contributed by atoms with Gasteiger partial charge < -0.3 is 85.9 Å². The number of benzene rings is 5. The second-order valence-corrected chi connectivity index (χ2v) is 40.2. The Bertz CT molecular complexity index is 7370. The average molecular weight is 1990 g/mol. The van der Waals surface area contributed by atoms with Crippen LogP contribution in [0.1, 0.15) is 41.7 Å². The van der Waals surface area contributed by atoms with Gasteiger partial charge in [-0.2, -0.15) is 4.98 Å². The molecule has 14 aromatic heterocycles. The number of nitrogens with one attached hydrogen (secondary N) is 3. The molecule has 5 aliphatic rings. The third-order valence-electron chi connectivity index (χ3n) is 23.7. The van der Waals surface area contributed by atoms with Crippen molar-refractivity contribution in [2.45, 2.75) is 44.9 Å². The van der Waals surface area contributed by atoms with Crippen LogP contribution in [0.4, 0.5) is 46.7 Å². The number of rotatable bonds is 16. The van der Waals surface area contributed by atoms with Gasteiger partial charge in [-0.05, 0) is 140 Å². The summed E-state index contributed by atoms with van der Waals surface area (Å²) in [7, 11) is -3.93. The Kier molecular flexibility index (Phi) is 27.9. The Hall–Kier alpha value is -12.3. The predicted molar refractivity (Wildman–Crippen MR) is 535 cm³/mol. The van der Waals surface area contributed by atoms with Gasteiger partial charge in [-0.3, -0.25) is 4.79 Å². The Morgan fingerprint density at radius 2 is 0.745 bits per heavy atom. The van der Waals surface area contributed by atoms with Gasteiger partial charge in [-0.1, -0.05) is 24.6 Å². The molecule has 0 bridgehead atoms. The van der Waals surface area contributed by atoms with Gasteiger partial charge in [0.2, 0.25) is 5.28 Å². The number of aliphatic hydroxyl groups excluding tert-OH is 1. The van der Waals surface area contributed by atoms with Crippen LogP contribution < -0.4 is 42.1 Å². The summed E-state index contributed by atoms with van der Waals surface area (Å²) in [5, 5.41) is 13.0. The zero-order chi connectivity index (χ0) is 93.4. The van der Waals surface area contributed by atoms with Crippen molar-refractivity contribution >= 4 is 208 Å². The summed E-state index contributed by atoms with van der Waals surface area (Å²) in [4.78, 5) is 82.7. The number of fused-ring (bicyclic) bond motifs is 9. The van der Waals surface area contributed by atoms with E-state index < -0.39 is 15.8 Å². The summed E-state index contributed by atoms with van der Waals surface area (Å²) >= 11 is 13.7. The molecule has 0 atom stereocenters. The first-order chi connectivity index (χ1) is 66.3. The molecule has 0 radical (unpaired) electrons. The van der Waals surface area contributed by atoms with Crippen LogP contribution in [0.3, 0.4) is 0 Å². The van der Waals surface area contributed by atoms with Crippen molar-refractivity contribution in [3.05, 3.63) is 211 Å². The smallest absolute Gasteiger partial charge is 0.268 e. The van der Waals surface area contributed by atoms with E-state index in [-0.39, 0.29) is 45.9 Å². The van der Waals surface area contributed by atoms with Gasteiger partial charge in [-0.15, -0.1) is 56.7 Å². The average Bonchev–Trinajstić information content (AvgIpc) is 1.60. The predicted octanol–water partition coefficient (Wildman–Crippen LogP) is 17.4. The molecule has 0 unspecified atom stereocenters. The summed E-state index contributed by atoms with van der Waals surface area (Å²) < 4.78 is 118. The third-order valence-corrected chi connectivity index (χ3v) is 31.3. The largest absolute Gasteiger partial charge is 0.391 e. The molecule has 19 aromatic rings. The van der Waals surface area contributed by atoms with Gasteiger partial charge in [0.05, 0.1) is 139 Å². The van der Waals surface area contributed by atoms with Crippen LogP contribution in [0, 0.1) is 30.2 Å². The molecule has 0 amide bonds. The number of nitrogens with two attached hydrogens (primary N) is 2. The van der Waals surface area contributed by atoms with Gasteiger partial charge in [0.25, 0.3) is 10.0 Å². The summed E-state index contributed by atoms with van der Waals surface area (Å²) in [6.45, 7) is 18.9. The van der Waals surface area contributed by atoms with Gasteiger partial charge >= 0.3 is 0 Å². The van der Waals surface area contributed by atoms with Crippen molar-refractivity contribution in [1.82, 2.24) is 74.9 Å². The number of anilines is 5. The van der Waals surface area contributed by atoms with Crippen LogP contribution in [0.25, 0.3) is 140 Å². The first-order valence-electron chi connectivity index (χ1n) is 44.0. The highest BCUT2D eigenvalue weighted by Gasteiger charge is 2.30. The maximum absolute atomic E-state index is 15.0. The molecule has 42 heteroatoms. The Morgan fingerprint density at radius 1 is 0.416 bits per heavy atom. The minimum Gasteiger partial charge on any atom is -0.391 e. The molecule has 5 aliphatic heterocycles. The fraction of sp³-hybridized carbons (Fsp3) is 0.274. The SMILES string of the molecule is CCc1cc2nc(-c3cc(F)cc4c3ccn4S(=O)(=O)c3ccc(C)cc3)nc(N3CCOCC3)c2s1.N.NCc1cc2nc(-c3cc(F)cc4[nH]ccc34)nc(N3CCOCC3)c2s1.NCc1cc2nc(-c3cc(F)cc4[nH]ccc34)nc(N3CCOCC3)c2s1.O=Cc1cc2nc(Cl)nc(N3CCOCC3)c2s1.OCc1cc2nc(-c3cc(F)cc4[nH]ccc34)nc(N3CCOCC3)c2s1. The van der Waals surface area contributed by atoms with E-state index >= 15 is 4.39 Å². The molecular formula is C95H91ClF4N22O9S6. The van der Waals surface area contributed by atoms with Gasteiger partial charge in [0.1, 0.15) is 23.3 Å². The summed E-state index contributed by atoms with van der Waals surface area (Å²) in [6.07, 6.45) is 8.54. The number of carbonyl (C=O) groups excluding carboxylic acids is 1. The molecule has 5 saturated heterocycles. The number of morpholine rings is 5. The van der Waals surface area contributed by atoms with Gasteiger partial charge in [0.15, 0.2) is 58.7 Å². The maximum Gasteiger partial charge on any atom is 0.268 e. The fourth-order valence-corrected chi connectivity index (χ4v) is 23.5. The second-order valence-electron chi connectivity index (χ2n) is 32.4. The Balaban J connectivity index is 0.000000111. The number of hydrogen-bond donors (Lipinski definition) is 7. The second kappa shape index (κ2) is 40.8. The lowest BCUT2D eigenvalue weighted by Gasteiger charge is -2.28. The number of aromatic amines is 3. The quantitative estimate of drug-likeness (QED) is 0.0268. The molecule has 19 heterocycles. The van der Waals surface area contributed by atoms with E-state index in [4.69, 9.17) is 86.6 Å². The maximum atomic E-state index is 15.0. The minimum absolute atomic E-state index is 0. The fourth-order valence-electron chi connectivity index (χ4n) is 17.1. The lowest BCUT2D eigenvalue weighted by Crippen LogP contribution is -2.36. The van der Waals surface area contributed by atoms with Crippen molar-refractivity contribution in [3.63, 3.8) is 0 Å². The van der Waals surface area contributed by atoms with E-state index in [9.17, 15) is 31.5 Å². The van der Waals surface area contributed by atoms with Crippen LogP contribution >= 0.6 is 68.3 Å². The zero-order valence-electron chi connectivity index (χ0n) is 74.1. The zero-order valence-corrected chi connectivity index (χ0v) is 79.7. The minimum atomic E-state index is -3.93. The van der Waals surface area contributed by atoms with Crippen LogP contribution in [0.5, 0.6) is 0 Å². The number of halogens is 5. The van der Waals surface area contributed by atoms with Crippen LogP contribution in [0.15, 0.2) is 157 Å². The van der Waals surface area contributed by atoms with E-state index in [0.717, 1.165) is 197 Å². The Morgan fingerprint density at radius 3 is 1.11 bits per heavy atom. The molecule has 31 nitrogen and oxygen atoms in total. The van der Waals surface area contributed by atoms with Crippen molar-refractivity contribution in [3.8, 4) is 45.6 Å².